The number of hydrogen-bond donors (Lipinski definition) is 3. The zero-order valence-electron chi connectivity index (χ0n) is 9.55. The first-order valence-corrected chi connectivity index (χ1v) is 6.20. The highest BCUT2D eigenvalue weighted by molar-refractivity contribution is 7.85. The van der Waals surface area contributed by atoms with Crippen LogP contribution in [0.15, 0.2) is 29.2 Å². The third-order valence-corrected chi connectivity index (χ3v) is 2.65. The molecule has 0 radical (unpaired) electrons. The summed E-state index contributed by atoms with van der Waals surface area (Å²) < 4.78 is 52.3. The Balaban J connectivity index is 0.000000360. The van der Waals surface area contributed by atoms with Gasteiger partial charge in [-0.15, -0.1) is 0 Å². The van der Waals surface area contributed by atoms with Gasteiger partial charge in [0, 0.05) is 0 Å². The van der Waals surface area contributed by atoms with E-state index < -0.39 is 29.3 Å². The van der Waals surface area contributed by atoms with Gasteiger partial charge < -0.3 is 10.2 Å². The zero-order valence-corrected chi connectivity index (χ0v) is 10.4. The van der Waals surface area contributed by atoms with E-state index >= 15 is 0 Å². The number of benzene rings is 1. The second-order valence-electron chi connectivity index (χ2n) is 3.46. The summed E-state index contributed by atoms with van der Waals surface area (Å²) in [5.74, 6) is -3.31. The van der Waals surface area contributed by atoms with E-state index in [-0.39, 0.29) is 4.90 Å². The maximum absolute atomic E-state index is 11.4. The van der Waals surface area contributed by atoms with E-state index in [1.807, 2.05) is 6.92 Å². The van der Waals surface area contributed by atoms with Crippen LogP contribution in [0.4, 0.5) is 8.78 Å². The molecule has 5 nitrogen and oxygen atoms in total. The highest BCUT2D eigenvalue weighted by Gasteiger charge is 2.25. The number of halogens is 2. The predicted octanol–water partition coefficient (Wildman–Crippen LogP) is 0.848. The fourth-order valence-electron chi connectivity index (χ4n) is 0.760. The average Bonchev–Trinajstić information content (AvgIpc) is 2.29. The molecule has 0 saturated carbocycles. The molecule has 1 aromatic carbocycles. The van der Waals surface area contributed by atoms with Gasteiger partial charge in [-0.05, 0) is 19.1 Å². The van der Waals surface area contributed by atoms with Crippen LogP contribution in [-0.4, -0.2) is 42.3 Å². The molecule has 18 heavy (non-hydrogen) atoms. The van der Waals surface area contributed by atoms with Crippen LogP contribution in [0.2, 0.25) is 0 Å². The lowest BCUT2D eigenvalue weighted by Gasteiger charge is -2.06. The summed E-state index contributed by atoms with van der Waals surface area (Å²) in [5.41, 5.74) is 0.956. The summed E-state index contributed by atoms with van der Waals surface area (Å²) in [6, 6.07) is 5.99. The average molecular weight is 284 g/mol. The molecule has 1 aromatic rings. The lowest BCUT2D eigenvalue weighted by atomic mass is 10.2. The van der Waals surface area contributed by atoms with Crippen LogP contribution < -0.4 is 0 Å². The molecular formula is C10H14F2O5S. The Morgan fingerprint density at radius 2 is 1.50 bits per heavy atom. The third-order valence-electron chi connectivity index (χ3n) is 1.78. The number of hydrogen-bond acceptors (Lipinski definition) is 4. The van der Waals surface area contributed by atoms with Crippen LogP contribution in [0.1, 0.15) is 5.56 Å². The van der Waals surface area contributed by atoms with E-state index in [1.54, 1.807) is 12.1 Å². The van der Waals surface area contributed by atoms with Crippen molar-refractivity contribution in [2.45, 2.75) is 17.7 Å². The SMILES string of the molecule is Cc1ccc(S(=O)(=O)O)cc1.OCC(F)(F)CO. The van der Waals surface area contributed by atoms with Gasteiger partial charge >= 0.3 is 0 Å². The molecule has 0 aliphatic heterocycles. The van der Waals surface area contributed by atoms with Crippen molar-refractivity contribution >= 4 is 10.1 Å². The summed E-state index contributed by atoms with van der Waals surface area (Å²) >= 11 is 0. The van der Waals surface area contributed by atoms with Gasteiger partial charge in [0.1, 0.15) is 13.2 Å². The van der Waals surface area contributed by atoms with Crippen molar-refractivity contribution < 1.29 is 32.0 Å². The lowest BCUT2D eigenvalue weighted by Crippen LogP contribution is -2.25. The second-order valence-corrected chi connectivity index (χ2v) is 4.88. The second kappa shape index (κ2) is 6.74. The van der Waals surface area contributed by atoms with Crippen LogP contribution in [0.25, 0.3) is 0 Å². The molecule has 1 rings (SSSR count). The van der Waals surface area contributed by atoms with E-state index in [1.165, 1.54) is 12.1 Å². The first-order chi connectivity index (χ1) is 8.12. The normalized spacial score (nSPS) is 11.7. The van der Waals surface area contributed by atoms with Crippen LogP contribution in [-0.2, 0) is 10.1 Å². The Morgan fingerprint density at radius 1 is 1.11 bits per heavy atom. The Hall–Kier alpha value is -1.09. The molecule has 8 heteroatoms. The Morgan fingerprint density at radius 3 is 1.72 bits per heavy atom. The molecule has 0 atom stereocenters. The first kappa shape index (κ1) is 16.9. The number of aryl methyl sites for hydroxylation is 1. The maximum atomic E-state index is 11.4. The van der Waals surface area contributed by atoms with Gasteiger partial charge in [0.25, 0.3) is 16.0 Å². The molecule has 104 valence electrons. The van der Waals surface area contributed by atoms with Crippen LogP contribution in [0, 0.1) is 6.92 Å². The fourth-order valence-corrected chi connectivity index (χ4v) is 1.24. The highest BCUT2D eigenvalue weighted by Crippen LogP contribution is 2.09. The van der Waals surface area contributed by atoms with E-state index in [0.29, 0.717) is 0 Å². The van der Waals surface area contributed by atoms with Crippen LogP contribution in [0.5, 0.6) is 0 Å². The summed E-state index contributed by atoms with van der Waals surface area (Å²) in [6.45, 7) is -0.735. The van der Waals surface area contributed by atoms with E-state index in [0.717, 1.165) is 5.56 Å². The molecule has 0 amide bonds. The van der Waals surface area contributed by atoms with Gasteiger partial charge in [0.15, 0.2) is 0 Å². The molecule has 0 unspecified atom stereocenters. The molecule has 0 aliphatic rings. The van der Waals surface area contributed by atoms with Crippen molar-refractivity contribution in [2.75, 3.05) is 13.2 Å². The Labute approximate surface area is 103 Å². The maximum Gasteiger partial charge on any atom is 0.294 e. The van der Waals surface area contributed by atoms with Gasteiger partial charge in [0.05, 0.1) is 4.90 Å². The molecule has 0 aliphatic carbocycles. The summed E-state index contributed by atoms with van der Waals surface area (Å²) in [5, 5.41) is 15.4. The monoisotopic (exact) mass is 284 g/mol. The Kier molecular flexibility index (Phi) is 6.33. The molecule has 0 bridgehead atoms. The lowest BCUT2D eigenvalue weighted by molar-refractivity contribution is -0.0870. The smallest absolute Gasteiger partial charge is 0.294 e. The van der Waals surface area contributed by atoms with Crippen molar-refractivity contribution in [1.29, 1.82) is 0 Å². The summed E-state index contributed by atoms with van der Waals surface area (Å²) in [6.07, 6.45) is 0. The van der Waals surface area contributed by atoms with Gasteiger partial charge in [-0.1, -0.05) is 17.7 Å². The van der Waals surface area contributed by atoms with Gasteiger partial charge in [-0.25, -0.2) is 8.78 Å². The molecular weight excluding hydrogens is 270 g/mol. The third kappa shape index (κ3) is 6.60. The molecule has 0 spiro atoms. The van der Waals surface area contributed by atoms with Crippen molar-refractivity contribution in [3.63, 3.8) is 0 Å². The van der Waals surface area contributed by atoms with E-state index in [9.17, 15) is 17.2 Å². The topological polar surface area (TPSA) is 94.8 Å². The van der Waals surface area contributed by atoms with Gasteiger partial charge in [0.2, 0.25) is 0 Å². The minimum Gasteiger partial charge on any atom is -0.390 e. The minimum atomic E-state index is -4.02. The van der Waals surface area contributed by atoms with E-state index in [2.05, 4.69) is 0 Å². The fraction of sp³-hybridized carbons (Fsp3) is 0.400. The van der Waals surface area contributed by atoms with E-state index in [4.69, 9.17) is 14.8 Å². The summed E-state index contributed by atoms with van der Waals surface area (Å²) in [7, 11) is -4.02. The van der Waals surface area contributed by atoms with Gasteiger partial charge in [-0.3, -0.25) is 4.55 Å². The largest absolute Gasteiger partial charge is 0.390 e. The zero-order chi connectivity index (χ0) is 14.4. The number of aliphatic hydroxyl groups excluding tert-OH is 2. The first-order valence-electron chi connectivity index (χ1n) is 4.76. The predicted molar refractivity (Wildman–Crippen MR) is 60.1 cm³/mol. The van der Waals surface area contributed by atoms with Crippen molar-refractivity contribution in [3.8, 4) is 0 Å². The van der Waals surface area contributed by atoms with Crippen LogP contribution >= 0.6 is 0 Å². The molecule has 0 heterocycles. The van der Waals surface area contributed by atoms with Crippen molar-refractivity contribution in [2.24, 2.45) is 0 Å². The standard InChI is InChI=1S/C7H8O3S.C3H6F2O2/c1-6-2-4-7(5-3-6)11(8,9)10;4-3(5,1-6)2-7/h2-5H,1H3,(H,8,9,10);6-7H,1-2H2. The van der Waals surface area contributed by atoms with Crippen molar-refractivity contribution in [1.82, 2.24) is 0 Å². The molecule has 0 fully saturated rings. The molecule has 3 N–H and O–H groups in total. The Bertz CT molecular complexity index is 450. The van der Waals surface area contributed by atoms with Gasteiger partial charge in [-0.2, -0.15) is 8.42 Å². The molecule has 0 saturated heterocycles. The minimum absolute atomic E-state index is 0.0666. The quantitative estimate of drug-likeness (QED) is 0.715. The summed E-state index contributed by atoms with van der Waals surface area (Å²) in [4.78, 5) is -0.0666. The highest BCUT2D eigenvalue weighted by atomic mass is 32.2. The molecule has 0 aromatic heterocycles. The number of rotatable bonds is 3. The van der Waals surface area contributed by atoms with Crippen molar-refractivity contribution in [3.05, 3.63) is 29.8 Å². The number of alkyl halides is 2. The van der Waals surface area contributed by atoms with Crippen LogP contribution in [0.3, 0.4) is 0 Å². The number of aliphatic hydroxyl groups is 2.